The van der Waals surface area contributed by atoms with Crippen LogP contribution in [0.1, 0.15) is 37.7 Å². The third-order valence-corrected chi connectivity index (χ3v) is 6.57. The lowest BCUT2D eigenvalue weighted by molar-refractivity contribution is -0.277. The summed E-state index contributed by atoms with van der Waals surface area (Å²) < 4.78 is 146. The van der Waals surface area contributed by atoms with Crippen molar-refractivity contribution in [1.29, 1.82) is 0 Å². The Morgan fingerprint density at radius 2 is 1.64 bits per heavy atom. The van der Waals surface area contributed by atoms with Gasteiger partial charge in [-0.2, -0.15) is 39.5 Å². The highest BCUT2D eigenvalue weighted by molar-refractivity contribution is 7.16. The zero-order valence-electron chi connectivity index (χ0n) is 19.1. The van der Waals surface area contributed by atoms with Gasteiger partial charge in [0.2, 0.25) is 5.91 Å². The number of hydrogen-bond acceptors (Lipinski definition) is 5. The molecule has 1 aliphatic rings. The zero-order valence-corrected chi connectivity index (χ0v) is 19.9. The maximum atomic E-state index is 14.4. The third kappa shape index (κ3) is 6.42. The molecule has 0 saturated carbocycles. The minimum Gasteiger partial charge on any atom is -0.374 e. The second kappa shape index (κ2) is 10.3. The molecule has 6 nitrogen and oxygen atoms in total. The first-order valence-corrected chi connectivity index (χ1v) is 11.2. The van der Waals surface area contributed by atoms with Gasteiger partial charge in [-0.3, -0.25) is 9.59 Å². The van der Waals surface area contributed by atoms with E-state index in [2.05, 4.69) is 9.99 Å². The molecule has 0 fully saturated rings. The number of rotatable bonds is 6. The van der Waals surface area contributed by atoms with Crippen molar-refractivity contribution in [2.24, 2.45) is 5.16 Å². The van der Waals surface area contributed by atoms with Crippen molar-refractivity contribution in [3.63, 3.8) is 0 Å². The summed E-state index contributed by atoms with van der Waals surface area (Å²) in [6.07, 6.45) is -17.1. The highest BCUT2D eigenvalue weighted by Crippen LogP contribution is 2.51. The van der Waals surface area contributed by atoms with Crippen LogP contribution in [0.3, 0.4) is 0 Å². The second-order valence-corrected chi connectivity index (χ2v) is 9.19. The average Bonchev–Trinajstić information content (AvgIpc) is 3.39. The van der Waals surface area contributed by atoms with E-state index in [1.165, 1.54) is 12.2 Å². The van der Waals surface area contributed by atoms with Crippen LogP contribution in [0.25, 0.3) is 0 Å². The first kappa shape index (κ1) is 30.1. The summed E-state index contributed by atoms with van der Waals surface area (Å²) >= 11 is 0.519. The number of halogens is 11. The fourth-order valence-electron chi connectivity index (χ4n) is 3.44. The molecule has 0 bridgehead atoms. The fourth-order valence-corrected chi connectivity index (χ4v) is 4.51. The van der Waals surface area contributed by atoms with Crippen LogP contribution in [0.15, 0.2) is 23.4 Å². The van der Waals surface area contributed by atoms with Gasteiger partial charge in [-0.25, -0.2) is 8.78 Å². The summed E-state index contributed by atoms with van der Waals surface area (Å²) in [5.74, 6) is -6.28. The van der Waals surface area contributed by atoms with Crippen molar-refractivity contribution in [3.8, 4) is 0 Å². The molecule has 3 rings (SSSR count). The monoisotopic (exact) mass is 597 g/mol. The Morgan fingerprint density at radius 1 is 1.00 bits per heavy atom. The molecule has 0 spiro atoms. The number of oxime groups is 1. The molecule has 18 heteroatoms. The summed E-state index contributed by atoms with van der Waals surface area (Å²) in [5.41, 5.74) is -8.01. The largest absolute Gasteiger partial charge is 0.435 e. The molecule has 2 heterocycles. The van der Waals surface area contributed by atoms with Crippen LogP contribution >= 0.6 is 11.3 Å². The normalized spacial score (nSPS) is 18.0. The Morgan fingerprint density at radius 3 is 2.21 bits per heavy atom. The van der Waals surface area contributed by atoms with E-state index in [0.717, 1.165) is 6.07 Å². The van der Waals surface area contributed by atoms with Crippen molar-refractivity contribution >= 4 is 28.9 Å². The average molecular weight is 597 g/mol. The van der Waals surface area contributed by atoms with Crippen LogP contribution < -0.4 is 10.6 Å². The lowest BCUT2D eigenvalue weighted by Gasteiger charge is -2.30. The molecule has 2 N–H and O–H groups in total. The molecule has 0 saturated heterocycles. The first-order valence-electron chi connectivity index (χ1n) is 10.4. The molecule has 1 aliphatic heterocycles. The molecule has 1 atom stereocenters. The maximum Gasteiger partial charge on any atom is 0.435 e. The second-order valence-electron chi connectivity index (χ2n) is 8.14. The Balaban J connectivity index is 1.85. The van der Waals surface area contributed by atoms with E-state index < -0.39 is 83.9 Å². The van der Waals surface area contributed by atoms with Gasteiger partial charge in [0.05, 0.1) is 28.3 Å². The van der Waals surface area contributed by atoms with Gasteiger partial charge in [0.1, 0.15) is 23.9 Å². The van der Waals surface area contributed by atoms with Gasteiger partial charge in [-0.05, 0) is 24.6 Å². The standard InChI is InChI=1S/C21H14F11N3O3S/c1-8-2-14(39-16(8)17(37)33-6-15(36)34-7-19(24,25)26)13-5-18(38-35-13,21(30,31)32)9-3-10(20(27,28)29)12(23)4-11(9)22/h2-4H,5-7H2,1H3,(H,33,37)(H,34,36). The van der Waals surface area contributed by atoms with Crippen LogP contribution in [-0.2, 0) is 21.4 Å². The van der Waals surface area contributed by atoms with Crippen LogP contribution in [0.2, 0.25) is 0 Å². The predicted octanol–water partition coefficient (Wildman–Crippen LogP) is 5.34. The number of thiophene rings is 1. The van der Waals surface area contributed by atoms with E-state index in [0.29, 0.717) is 11.3 Å². The highest BCUT2D eigenvalue weighted by atomic mass is 32.1. The summed E-state index contributed by atoms with van der Waals surface area (Å²) in [4.78, 5) is 28.0. The van der Waals surface area contributed by atoms with Gasteiger partial charge in [-0.15, -0.1) is 11.3 Å². The van der Waals surface area contributed by atoms with E-state index in [1.807, 2.05) is 5.32 Å². The number of carbonyl (C=O) groups excluding carboxylic acids is 2. The summed E-state index contributed by atoms with van der Waals surface area (Å²) in [6.45, 7) is -1.20. The van der Waals surface area contributed by atoms with Gasteiger partial charge in [0.25, 0.3) is 11.5 Å². The quantitative estimate of drug-likeness (QED) is 0.442. The van der Waals surface area contributed by atoms with Crippen molar-refractivity contribution < 1.29 is 62.7 Å². The lowest BCUT2D eigenvalue weighted by Crippen LogP contribution is -2.43. The predicted molar refractivity (Wildman–Crippen MR) is 112 cm³/mol. The Labute approximate surface area is 214 Å². The SMILES string of the molecule is Cc1cc(C2=NOC(c3cc(C(F)(F)F)c(F)cc3F)(C(F)(F)F)C2)sc1C(=O)NCC(=O)NCC(F)(F)F. The van der Waals surface area contributed by atoms with E-state index in [4.69, 9.17) is 0 Å². The highest BCUT2D eigenvalue weighted by Gasteiger charge is 2.64. The molecule has 0 aliphatic carbocycles. The summed E-state index contributed by atoms with van der Waals surface area (Å²) in [7, 11) is 0. The molecule has 0 radical (unpaired) electrons. The van der Waals surface area contributed by atoms with Crippen LogP contribution in [0, 0.1) is 18.6 Å². The number of carbonyl (C=O) groups is 2. The van der Waals surface area contributed by atoms with Crippen molar-refractivity contribution in [2.75, 3.05) is 13.1 Å². The Kier molecular flexibility index (Phi) is 7.93. The number of nitrogens with one attached hydrogen (secondary N) is 2. The fraction of sp³-hybridized carbons (Fsp3) is 0.381. The third-order valence-electron chi connectivity index (χ3n) is 5.29. The number of aryl methyl sites for hydroxylation is 1. The minimum atomic E-state index is -5.55. The number of nitrogens with zero attached hydrogens (tertiary/aromatic N) is 1. The van der Waals surface area contributed by atoms with Gasteiger partial charge in [0.15, 0.2) is 0 Å². The topological polar surface area (TPSA) is 79.8 Å². The summed E-state index contributed by atoms with van der Waals surface area (Å²) in [5, 5.41) is 6.80. The number of hydrogen-bond donors (Lipinski definition) is 2. The van der Waals surface area contributed by atoms with E-state index in [9.17, 15) is 57.9 Å². The molecular weight excluding hydrogens is 583 g/mol. The zero-order chi connectivity index (χ0) is 29.6. The molecule has 39 heavy (non-hydrogen) atoms. The molecule has 1 unspecified atom stereocenters. The van der Waals surface area contributed by atoms with Gasteiger partial charge >= 0.3 is 18.5 Å². The molecule has 1 aromatic heterocycles. The van der Waals surface area contributed by atoms with Crippen LogP contribution in [-0.4, -0.2) is 43.0 Å². The molecular formula is C21H14F11N3O3S. The van der Waals surface area contributed by atoms with Crippen LogP contribution in [0.5, 0.6) is 0 Å². The van der Waals surface area contributed by atoms with E-state index >= 15 is 0 Å². The van der Waals surface area contributed by atoms with Crippen molar-refractivity contribution in [3.05, 3.63) is 56.3 Å². The Bertz CT molecular complexity index is 1320. The van der Waals surface area contributed by atoms with Gasteiger partial charge in [0, 0.05) is 11.6 Å². The van der Waals surface area contributed by atoms with E-state index in [1.54, 1.807) is 0 Å². The maximum absolute atomic E-state index is 14.4. The van der Waals surface area contributed by atoms with Crippen molar-refractivity contribution in [2.45, 2.75) is 37.5 Å². The van der Waals surface area contributed by atoms with E-state index in [-0.39, 0.29) is 27.5 Å². The number of amides is 2. The minimum absolute atomic E-state index is 0.128. The smallest absolute Gasteiger partial charge is 0.374 e. The Hall–Kier alpha value is -3.44. The van der Waals surface area contributed by atoms with Gasteiger partial charge in [-0.1, -0.05) is 5.16 Å². The summed E-state index contributed by atoms with van der Waals surface area (Å²) in [6, 6.07) is 0.453. The molecule has 2 amide bonds. The van der Waals surface area contributed by atoms with Crippen LogP contribution in [0.4, 0.5) is 48.3 Å². The molecule has 214 valence electrons. The first-order chi connectivity index (χ1) is 17.7. The number of alkyl halides is 9. The number of benzene rings is 1. The van der Waals surface area contributed by atoms with Gasteiger partial charge < -0.3 is 15.5 Å². The lowest BCUT2D eigenvalue weighted by atomic mass is 9.86. The van der Waals surface area contributed by atoms with Crippen molar-refractivity contribution in [1.82, 2.24) is 10.6 Å². The molecule has 2 aromatic rings. The molecule has 1 aromatic carbocycles.